The summed E-state index contributed by atoms with van der Waals surface area (Å²) < 4.78 is 17.9. The lowest BCUT2D eigenvalue weighted by Crippen LogP contribution is -2.31. The van der Waals surface area contributed by atoms with Gasteiger partial charge in [-0.25, -0.2) is 14.6 Å². The molecule has 0 radical (unpaired) electrons. The Labute approximate surface area is 205 Å². The first kappa shape index (κ1) is 24.2. The summed E-state index contributed by atoms with van der Waals surface area (Å²) in [6.07, 6.45) is -0.741. The third-order valence-electron chi connectivity index (χ3n) is 4.80. The van der Waals surface area contributed by atoms with Gasteiger partial charge < -0.3 is 25.7 Å². The molecule has 13 nitrogen and oxygen atoms in total. The summed E-state index contributed by atoms with van der Waals surface area (Å²) in [7, 11) is 0. The van der Waals surface area contributed by atoms with E-state index in [0.717, 1.165) is 0 Å². The number of imidazole rings is 1. The number of anilines is 4. The molecule has 4 rings (SSSR count). The lowest BCUT2D eigenvalue weighted by Gasteiger charge is -2.19. The first-order chi connectivity index (χ1) is 17.5. The van der Waals surface area contributed by atoms with Crippen LogP contribution in [-0.4, -0.2) is 51.0 Å². The summed E-state index contributed by atoms with van der Waals surface area (Å²) in [5, 5.41) is 5.21. The van der Waals surface area contributed by atoms with Crippen molar-refractivity contribution in [3.05, 3.63) is 67.0 Å². The van der Waals surface area contributed by atoms with Gasteiger partial charge in [-0.05, 0) is 24.3 Å². The molecule has 2 aromatic carbocycles. The Kier molecular flexibility index (Phi) is 7.73. The van der Waals surface area contributed by atoms with Crippen LogP contribution in [0.1, 0.15) is 0 Å². The molecule has 0 aliphatic rings. The summed E-state index contributed by atoms with van der Waals surface area (Å²) in [5.41, 5.74) is 13.4. The average molecular weight is 492 g/mol. The Hall–Kier alpha value is -4.91. The standard InChI is InChI=1S/C23H24N8O5/c24-19-18-20(30-21(25)29-19)31(13-26-18)14-36-17(11-34-22(32)27-15-7-3-1-4-8-15)12-35-23(33)28-16-9-5-2-6-10-16/h1-10,13,17H,11-12,14H2,(H,27,32)(H,28,33)(H4,24,25,29,30). The fourth-order valence-corrected chi connectivity index (χ4v) is 3.10. The molecular weight excluding hydrogens is 468 g/mol. The highest BCUT2D eigenvalue weighted by molar-refractivity contribution is 5.85. The normalized spacial score (nSPS) is 10.8. The molecule has 36 heavy (non-hydrogen) atoms. The second-order valence-corrected chi connectivity index (χ2v) is 7.45. The molecule has 2 heterocycles. The number of fused-ring (bicyclic) bond motifs is 1. The number of hydrogen-bond acceptors (Lipinski definition) is 10. The Morgan fingerprint density at radius 3 is 1.97 bits per heavy atom. The molecule has 0 spiro atoms. The minimum Gasteiger partial charge on any atom is -0.446 e. The van der Waals surface area contributed by atoms with Gasteiger partial charge in [0.1, 0.15) is 31.6 Å². The van der Waals surface area contributed by atoms with Crippen molar-refractivity contribution in [3.8, 4) is 0 Å². The quantitative estimate of drug-likeness (QED) is 0.271. The van der Waals surface area contributed by atoms with Crippen LogP contribution in [0, 0.1) is 0 Å². The van der Waals surface area contributed by atoms with Crippen molar-refractivity contribution < 1.29 is 23.8 Å². The van der Waals surface area contributed by atoms with E-state index in [9.17, 15) is 9.59 Å². The van der Waals surface area contributed by atoms with Crippen molar-refractivity contribution in [2.45, 2.75) is 12.8 Å². The maximum atomic E-state index is 12.2. The van der Waals surface area contributed by atoms with E-state index in [0.29, 0.717) is 22.5 Å². The molecule has 0 saturated carbocycles. The topological polar surface area (TPSA) is 182 Å². The average Bonchev–Trinajstić information content (AvgIpc) is 3.28. The molecule has 0 unspecified atom stereocenters. The predicted molar refractivity (Wildman–Crippen MR) is 132 cm³/mol. The number of para-hydroxylation sites is 2. The second kappa shape index (κ2) is 11.5. The fraction of sp³-hybridized carbons (Fsp3) is 0.174. The van der Waals surface area contributed by atoms with Crippen LogP contribution in [0.2, 0.25) is 0 Å². The number of amides is 2. The van der Waals surface area contributed by atoms with Crippen LogP contribution in [0.25, 0.3) is 11.2 Å². The monoisotopic (exact) mass is 492 g/mol. The molecule has 0 bridgehead atoms. The number of nitrogens with two attached hydrogens (primary N) is 2. The van der Waals surface area contributed by atoms with Crippen molar-refractivity contribution in [1.82, 2.24) is 19.5 Å². The van der Waals surface area contributed by atoms with Gasteiger partial charge in [-0.2, -0.15) is 9.97 Å². The molecule has 6 N–H and O–H groups in total. The van der Waals surface area contributed by atoms with Gasteiger partial charge in [0.25, 0.3) is 0 Å². The number of nitrogen functional groups attached to an aromatic ring is 2. The number of nitrogens with one attached hydrogen (secondary N) is 2. The van der Waals surface area contributed by atoms with Gasteiger partial charge in [0.2, 0.25) is 5.95 Å². The smallest absolute Gasteiger partial charge is 0.411 e. The van der Waals surface area contributed by atoms with Crippen molar-refractivity contribution in [2.75, 3.05) is 35.3 Å². The molecule has 13 heteroatoms. The molecule has 0 saturated heterocycles. The zero-order chi connectivity index (χ0) is 25.3. The van der Waals surface area contributed by atoms with E-state index in [4.69, 9.17) is 25.7 Å². The SMILES string of the molecule is Nc1nc(N)c2ncn(COC(COC(=O)Nc3ccccc3)COC(=O)Nc3ccccc3)c2n1. The molecule has 0 aliphatic heterocycles. The fourth-order valence-electron chi connectivity index (χ4n) is 3.10. The van der Waals surface area contributed by atoms with Crippen molar-refractivity contribution in [2.24, 2.45) is 0 Å². The van der Waals surface area contributed by atoms with Gasteiger partial charge >= 0.3 is 12.2 Å². The van der Waals surface area contributed by atoms with Crippen molar-refractivity contribution in [3.63, 3.8) is 0 Å². The van der Waals surface area contributed by atoms with Crippen LogP contribution in [0.3, 0.4) is 0 Å². The number of aromatic nitrogens is 4. The maximum Gasteiger partial charge on any atom is 0.411 e. The molecule has 4 aromatic rings. The maximum absolute atomic E-state index is 12.2. The number of nitrogens with zero attached hydrogens (tertiary/aromatic N) is 4. The number of ether oxygens (including phenoxy) is 3. The molecule has 0 atom stereocenters. The Morgan fingerprint density at radius 2 is 1.42 bits per heavy atom. The third-order valence-corrected chi connectivity index (χ3v) is 4.80. The van der Waals surface area contributed by atoms with Gasteiger partial charge in [0, 0.05) is 11.4 Å². The van der Waals surface area contributed by atoms with Gasteiger partial charge in [-0.15, -0.1) is 0 Å². The minimum absolute atomic E-state index is 0.0138. The number of hydrogen-bond donors (Lipinski definition) is 4. The van der Waals surface area contributed by atoms with Crippen LogP contribution >= 0.6 is 0 Å². The van der Waals surface area contributed by atoms with E-state index >= 15 is 0 Å². The molecule has 2 amide bonds. The molecule has 186 valence electrons. The van der Waals surface area contributed by atoms with Crippen LogP contribution in [-0.2, 0) is 20.9 Å². The Balaban J connectivity index is 1.38. The van der Waals surface area contributed by atoms with Gasteiger partial charge in [-0.1, -0.05) is 36.4 Å². The summed E-state index contributed by atoms with van der Waals surface area (Å²) in [6.45, 7) is -0.475. The molecule has 0 fully saturated rings. The lowest BCUT2D eigenvalue weighted by atomic mass is 10.3. The number of carbonyl (C=O) groups is 2. The zero-order valence-corrected chi connectivity index (χ0v) is 19.0. The largest absolute Gasteiger partial charge is 0.446 e. The number of carbonyl (C=O) groups excluding carboxylic acids is 2. The second-order valence-electron chi connectivity index (χ2n) is 7.45. The van der Waals surface area contributed by atoms with Crippen LogP contribution in [0.15, 0.2) is 67.0 Å². The predicted octanol–water partition coefficient (Wildman–Crippen LogP) is 2.83. The molecule has 2 aromatic heterocycles. The highest BCUT2D eigenvalue weighted by atomic mass is 16.6. The first-order valence-electron chi connectivity index (χ1n) is 10.8. The van der Waals surface area contributed by atoms with E-state index in [1.165, 1.54) is 6.33 Å². The summed E-state index contributed by atoms with van der Waals surface area (Å²) in [4.78, 5) is 36.6. The number of rotatable bonds is 9. The van der Waals surface area contributed by atoms with E-state index in [1.807, 2.05) is 12.1 Å². The highest BCUT2D eigenvalue weighted by Crippen LogP contribution is 2.17. The lowest BCUT2D eigenvalue weighted by molar-refractivity contribution is -0.0518. The van der Waals surface area contributed by atoms with Crippen LogP contribution in [0.4, 0.5) is 32.7 Å². The third kappa shape index (κ3) is 6.57. The van der Waals surface area contributed by atoms with E-state index < -0.39 is 18.3 Å². The highest BCUT2D eigenvalue weighted by Gasteiger charge is 2.18. The van der Waals surface area contributed by atoms with E-state index in [1.54, 1.807) is 53.1 Å². The van der Waals surface area contributed by atoms with Crippen molar-refractivity contribution >= 4 is 46.5 Å². The Bertz CT molecular complexity index is 1260. The Morgan fingerprint density at radius 1 is 0.861 bits per heavy atom. The number of benzene rings is 2. The first-order valence-corrected chi connectivity index (χ1v) is 10.8. The van der Waals surface area contributed by atoms with E-state index in [-0.39, 0.29) is 31.7 Å². The zero-order valence-electron chi connectivity index (χ0n) is 19.0. The summed E-state index contributed by atoms with van der Waals surface area (Å²) >= 11 is 0. The van der Waals surface area contributed by atoms with Gasteiger partial charge in [0.05, 0.1) is 6.33 Å². The van der Waals surface area contributed by atoms with Gasteiger partial charge in [-0.3, -0.25) is 15.2 Å². The summed E-state index contributed by atoms with van der Waals surface area (Å²) in [6, 6.07) is 17.6. The molecule has 0 aliphatic carbocycles. The van der Waals surface area contributed by atoms with Crippen LogP contribution in [0.5, 0.6) is 0 Å². The molecular formula is C23H24N8O5. The van der Waals surface area contributed by atoms with E-state index in [2.05, 4.69) is 25.6 Å². The van der Waals surface area contributed by atoms with Crippen molar-refractivity contribution in [1.29, 1.82) is 0 Å². The minimum atomic E-state index is -0.818. The summed E-state index contributed by atoms with van der Waals surface area (Å²) in [5.74, 6) is 0.120. The van der Waals surface area contributed by atoms with Gasteiger partial charge in [0.15, 0.2) is 11.5 Å². The van der Waals surface area contributed by atoms with Crippen LogP contribution < -0.4 is 22.1 Å².